The lowest BCUT2D eigenvalue weighted by Gasteiger charge is -2.29. The summed E-state index contributed by atoms with van der Waals surface area (Å²) in [5, 5.41) is 4.22. The number of nitrogens with two attached hydrogens (primary N) is 1. The van der Waals surface area contributed by atoms with E-state index in [1.807, 2.05) is 30.5 Å². The van der Waals surface area contributed by atoms with Crippen molar-refractivity contribution in [1.82, 2.24) is 4.98 Å². The van der Waals surface area contributed by atoms with Gasteiger partial charge in [-0.3, -0.25) is 9.78 Å². The van der Waals surface area contributed by atoms with E-state index < -0.39 is 0 Å². The quantitative estimate of drug-likeness (QED) is 0.635. The second-order valence-corrected chi connectivity index (χ2v) is 7.47. The van der Waals surface area contributed by atoms with E-state index in [-0.39, 0.29) is 5.91 Å². The Morgan fingerprint density at radius 2 is 1.74 bits per heavy atom. The number of nitrogen functional groups attached to an aromatic ring is 1. The van der Waals surface area contributed by atoms with Crippen molar-refractivity contribution in [1.29, 1.82) is 0 Å². The number of benzene rings is 2. The molecule has 1 fully saturated rings. The van der Waals surface area contributed by atoms with Crippen LogP contribution in [0.3, 0.4) is 0 Å². The summed E-state index contributed by atoms with van der Waals surface area (Å²) in [7, 11) is 0. The van der Waals surface area contributed by atoms with E-state index in [1.165, 1.54) is 10.9 Å². The number of carbonyl (C=O) groups is 1. The van der Waals surface area contributed by atoms with Crippen LogP contribution in [0.5, 0.6) is 0 Å². The molecule has 4 rings (SSSR count). The Kier molecular flexibility index (Phi) is 5.05. The molecule has 0 spiro atoms. The molecule has 1 heterocycles. The Hall–Kier alpha value is -2.88. The van der Waals surface area contributed by atoms with Crippen molar-refractivity contribution in [2.45, 2.75) is 38.0 Å². The minimum absolute atomic E-state index is 0.0608. The summed E-state index contributed by atoms with van der Waals surface area (Å²) >= 11 is 0. The van der Waals surface area contributed by atoms with Gasteiger partial charge in [-0.25, -0.2) is 0 Å². The van der Waals surface area contributed by atoms with Crippen molar-refractivity contribution in [2.75, 3.05) is 11.1 Å². The number of fused-ring (bicyclic) bond motifs is 1. The van der Waals surface area contributed by atoms with Gasteiger partial charge in [0.25, 0.3) is 0 Å². The zero-order valence-electron chi connectivity index (χ0n) is 15.4. The van der Waals surface area contributed by atoms with Crippen LogP contribution in [0.2, 0.25) is 0 Å². The number of amides is 1. The molecule has 4 heteroatoms. The zero-order valence-corrected chi connectivity index (χ0v) is 15.4. The van der Waals surface area contributed by atoms with Crippen molar-refractivity contribution >= 4 is 28.2 Å². The summed E-state index contributed by atoms with van der Waals surface area (Å²) in [5.41, 5.74) is 9.70. The number of anilines is 2. The summed E-state index contributed by atoms with van der Waals surface area (Å²) in [5.74, 6) is 1.06. The standard InChI is InChI=1S/C23H25N3O/c24-20-6-2-4-8-22(20)26-23(27)15-16-9-11-17(12-10-16)18-13-14-25-21-7-3-1-5-19(18)21/h1-8,13-14,16-17H,9-12,15,24H2,(H,26,27). The first-order valence-corrected chi connectivity index (χ1v) is 9.68. The summed E-state index contributed by atoms with van der Waals surface area (Å²) in [6.07, 6.45) is 6.90. The number of nitrogens with one attached hydrogen (secondary N) is 1. The van der Waals surface area contributed by atoms with Gasteiger partial charge in [0.05, 0.1) is 16.9 Å². The van der Waals surface area contributed by atoms with Crippen LogP contribution in [0.4, 0.5) is 11.4 Å². The molecule has 0 atom stereocenters. The van der Waals surface area contributed by atoms with Gasteiger partial charge in [0, 0.05) is 18.0 Å². The number of para-hydroxylation sites is 3. The summed E-state index contributed by atoms with van der Waals surface area (Å²) in [4.78, 5) is 16.9. The molecule has 0 radical (unpaired) electrons. The van der Waals surface area contributed by atoms with Gasteiger partial charge < -0.3 is 11.1 Å². The molecule has 0 unspecified atom stereocenters. The van der Waals surface area contributed by atoms with Gasteiger partial charge in [-0.05, 0) is 67.3 Å². The molecule has 2 aromatic carbocycles. The Bertz CT molecular complexity index is 940. The van der Waals surface area contributed by atoms with Crippen LogP contribution in [0.15, 0.2) is 60.8 Å². The number of aromatic nitrogens is 1. The average molecular weight is 359 g/mol. The van der Waals surface area contributed by atoms with Gasteiger partial charge in [-0.15, -0.1) is 0 Å². The van der Waals surface area contributed by atoms with Crippen LogP contribution in [-0.4, -0.2) is 10.9 Å². The van der Waals surface area contributed by atoms with E-state index in [4.69, 9.17) is 5.73 Å². The molecule has 0 bridgehead atoms. The SMILES string of the molecule is Nc1ccccc1NC(=O)CC1CCC(c2ccnc3ccccc23)CC1. The number of pyridine rings is 1. The number of rotatable bonds is 4. The molecule has 0 saturated heterocycles. The van der Waals surface area contributed by atoms with Gasteiger partial charge in [-0.2, -0.15) is 0 Å². The molecule has 3 N–H and O–H groups in total. The third kappa shape index (κ3) is 3.95. The predicted molar refractivity (Wildman–Crippen MR) is 111 cm³/mol. The topological polar surface area (TPSA) is 68.0 Å². The zero-order chi connectivity index (χ0) is 18.6. The van der Waals surface area contributed by atoms with E-state index >= 15 is 0 Å². The largest absolute Gasteiger partial charge is 0.397 e. The van der Waals surface area contributed by atoms with Gasteiger partial charge in [0.15, 0.2) is 0 Å². The Morgan fingerprint density at radius 3 is 2.56 bits per heavy atom. The van der Waals surface area contributed by atoms with Crippen molar-refractivity contribution < 1.29 is 4.79 Å². The highest BCUT2D eigenvalue weighted by molar-refractivity contribution is 5.93. The summed E-state index contributed by atoms with van der Waals surface area (Å²) < 4.78 is 0. The highest BCUT2D eigenvalue weighted by atomic mass is 16.1. The Balaban J connectivity index is 1.36. The van der Waals surface area contributed by atoms with Crippen LogP contribution in [0.25, 0.3) is 10.9 Å². The highest BCUT2D eigenvalue weighted by Gasteiger charge is 2.25. The lowest BCUT2D eigenvalue weighted by Crippen LogP contribution is -2.21. The van der Waals surface area contributed by atoms with Gasteiger partial charge >= 0.3 is 0 Å². The third-order valence-corrected chi connectivity index (χ3v) is 5.68. The van der Waals surface area contributed by atoms with Crippen LogP contribution in [-0.2, 0) is 4.79 Å². The van der Waals surface area contributed by atoms with Crippen molar-refractivity contribution in [3.8, 4) is 0 Å². The normalized spacial score (nSPS) is 19.7. The van der Waals surface area contributed by atoms with Crippen LogP contribution < -0.4 is 11.1 Å². The molecule has 1 aliphatic carbocycles. The van der Waals surface area contributed by atoms with E-state index in [0.29, 0.717) is 29.6 Å². The fourth-order valence-electron chi connectivity index (χ4n) is 4.23. The monoisotopic (exact) mass is 359 g/mol. The number of hydrogen-bond donors (Lipinski definition) is 2. The first kappa shape index (κ1) is 17.5. The highest BCUT2D eigenvalue weighted by Crippen LogP contribution is 2.39. The van der Waals surface area contributed by atoms with Crippen LogP contribution in [0, 0.1) is 5.92 Å². The summed E-state index contributed by atoms with van der Waals surface area (Å²) in [6, 6.07) is 17.9. The maximum Gasteiger partial charge on any atom is 0.224 e. The lowest BCUT2D eigenvalue weighted by atomic mass is 9.77. The number of nitrogens with zero attached hydrogens (tertiary/aromatic N) is 1. The minimum atomic E-state index is 0.0608. The van der Waals surface area contributed by atoms with Crippen LogP contribution in [0.1, 0.15) is 43.6 Å². The fraction of sp³-hybridized carbons (Fsp3) is 0.304. The fourth-order valence-corrected chi connectivity index (χ4v) is 4.23. The molecule has 1 amide bonds. The minimum Gasteiger partial charge on any atom is -0.397 e. The first-order chi connectivity index (χ1) is 13.2. The smallest absolute Gasteiger partial charge is 0.224 e. The van der Waals surface area contributed by atoms with E-state index in [1.54, 1.807) is 6.07 Å². The number of hydrogen-bond acceptors (Lipinski definition) is 3. The molecule has 27 heavy (non-hydrogen) atoms. The Morgan fingerprint density at radius 1 is 1.00 bits per heavy atom. The molecule has 1 aliphatic rings. The van der Waals surface area contributed by atoms with E-state index in [2.05, 4.69) is 34.6 Å². The molecular weight excluding hydrogens is 334 g/mol. The second-order valence-electron chi connectivity index (χ2n) is 7.47. The van der Waals surface area contributed by atoms with E-state index in [9.17, 15) is 4.79 Å². The maximum atomic E-state index is 12.4. The van der Waals surface area contributed by atoms with Crippen molar-refractivity contribution in [3.05, 3.63) is 66.4 Å². The average Bonchev–Trinajstić information content (AvgIpc) is 2.70. The molecule has 0 aliphatic heterocycles. The second kappa shape index (κ2) is 7.78. The summed E-state index contributed by atoms with van der Waals surface area (Å²) in [6.45, 7) is 0. The van der Waals surface area contributed by atoms with E-state index in [0.717, 1.165) is 31.2 Å². The molecule has 1 aromatic heterocycles. The maximum absolute atomic E-state index is 12.4. The third-order valence-electron chi connectivity index (χ3n) is 5.68. The van der Waals surface area contributed by atoms with Crippen molar-refractivity contribution in [2.24, 2.45) is 5.92 Å². The van der Waals surface area contributed by atoms with Crippen molar-refractivity contribution in [3.63, 3.8) is 0 Å². The van der Waals surface area contributed by atoms with Gasteiger partial charge in [0.1, 0.15) is 0 Å². The molecule has 4 nitrogen and oxygen atoms in total. The Labute approximate surface area is 159 Å². The van der Waals surface area contributed by atoms with Gasteiger partial charge in [-0.1, -0.05) is 30.3 Å². The first-order valence-electron chi connectivity index (χ1n) is 9.68. The molecule has 138 valence electrons. The number of carbonyl (C=O) groups excluding carboxylic acids is 1. The molecular formula is C23H25N3O. The molecule has 1 saturated carbocycles. The molecule has 3 aromatic rings. The van der Waals surface area contributed by atoms with Crippen LogP contribution >= 0.6 is 0 Å². The van der Waals surface area contributed by atoms with Gasteiger partial charge in [0.2, 0.25) is 5.91 Å². The lowest BCUT2D eigenvalue weighted by molar-refractivity contribution is -0.117. The predicted octanol–water partition coefficient (Wildman–Crippen LogP) is 5.12.